The number of carbonyl (C=O) groups is 1. The number of fused-ring (bicyclic) bond motifs is 3. The molecule has 9 atom stereocenters. The molecule has 1 aromatic carbocycles. The Balaban J connectivity index is 1.26. The topological polar surface area (TPSA) is 55.8 Å². The molecule has 1 aromatic rings. The number of hydrogen-bond acceptors (Lipinski definition) is 4. The monoisotopic (exact) mass is 488 g/mol. The van der Waals surface area contributed by atoms with Gasteiger partial charge in [-0.3, -0.25) is 0 Å². The Morgan fingerprint density at radius 2 is 1.94 bits per heavy atom. The van der Waals surface area contributed by atoms with E-state index in [4.69, 9.17) is 9.47 Å². The highest BCUT2D eigenvalue weighted by atomic mass is 79.9. The van der Waals surface area contributed by atoms with Crippen molar-refractivity contribution < 1.29 is 19.4 Å². The van der Waals surface area contributed by atoms with E-state index in [1.165, 1.54) is 6.42 Å². The van der Waals surface area contributed by atoms with Gasteiger partial charge < -0.3 is 14.6 Å². The minimum atomic E-state index is -0.213. The number of hydrogen-bond donors (Lipinski definition) is 1. The number of halogens is 1. The molecule has 1 N–H and O–H groups in total. The van der Waals surface area contributed by atoms with Crippen LogP contribution in [0, 0.1) is 28.6 Å². The smallest absolute Gasteiger partial charge is 0.338 e. The van der Waals surface area contributed by atoms with E-state index in [1.807, 2.05) is 30.3 Å². The highest BCUT2D eigenvalue weighted by Gasteiger charge is 2.72. The van der Waals surface area contributed by atoms with Gasteiger partial charge in [0.1, 0.15) is 6.10 Å². The van der Waals surface area contributed by atoms with Crippen molar-refractivity contribution in [3.05, 3.63) is 35.9 Å². The second kappa shape index (κ2) is 7.04. The highest BCUT2D eigenvalue weighted by molar-refractivity contribution is 9.10. The second-order valence-electron chi connectivity index (χ2n) is 11.2. The Kier molecular flexibility index (Phi) is 4.70. The van der Waals surface area contributed by atoms with Crippen molar-refractivity contribution in [2.45, 2.75) is 80.9 Å². The van der Waals surface area contributed by atoms with Gasteiger partial charge in [-0.1, -0.05) is 41.1 Å². The van der Waals surface area contributed by atoms with E-state index in [0.717, 1.165) is 51.6 Å². The maximum atomic E-state index is 12.8. The predicted molar refractivity (Wildman–Crippen MR) is 121 cm³/mol. The van der Waals surface area contributed by atoms with Crippen LogP contribution in [-0.4, -0.2) is 40.3 Å². The first-order chi connectivity index (χ1) is 14.9. The summed E-state index contributed by atoms with van der Waals surface area (Å²) >= 11 is 4.16. The third-order valence-corrected chi connectivity index (χ3v) is 11.8. The highest BCUT2D eigenvalue weighted by Crippen LogP contribution is 2.72. The number of esters is 1. The number of carbonyl (C=O) groups excluding carboxylic acids is 1. The Bertz CT molecular complexity index is 875. The lowest BCUT2D eigenvalue weighted by molar-refractivity contribution is -0.114. The van der Waals surface area contributed by atoms with Gasteiger partial charge in [0.05, 0.1) is 28.7 Å². The fourth-order valence-electron chi connectivity index (χ4n) is 8.63. The summed E-state index contributed by atoms with van der Waals surface area (Å²) in [5.74, 6) is 1.68. The molecule has 9 unspecified atom stereocenters. The normalized spacial score (nSPS) is 50.3. The van der Waals surface area contributed by atoms with Crippen molar-refractivity contribution in [3.63, 3.8) is 0 Å². The molecular formula is C26H33BrO4. The van der Waals surface area contributed by atoms with Gasteiger partial charge >= 0.3 is 5.97 Å². The molecule has 31 heavy (non-hydrogen) atoms. The molecule has 6 rings (SSSR count). The Morgan fingerprint density at radius 3 is 2.74 bits per heavy atom. The second-order valence-corrected chi connectivity index (χ2v) is 12.6. The Morgan fingerprint density at radius 1 is 1.13 bits per heavy atom. The molecule has 1 saturated heterocycles. The molecular weight excluding hydrogens is 456 g/mol. The predicted octanol–water partition coefficient (Wildman–Crippen LogP) is 5.12. The van der Waals surface area contributed by atoms with Crippen LogP contribution in [0.3, 0.4) is 0 Å². The van der Waals surface area contributed by atoms with E-state index in [0.29, 0.717) is 23.3 Å². The van der Waals surface area contributed by atoms with Crippen LogP contribution >= 0.6 is 15.9 Å². The number of ether oxygens (including phenoxy) is 2. The van der Waals surface area contributed by atoms with Crippen LogP contribution in [0.25, 0.3) is 0 Å². The molecule has 0 aromatic heterocycles. The zero-order chi connectivity index (χ0) is 21.4. The van der Waals surface area contributed by atoms with Crippen LogP contribution in [0.1, 0.15) is 68.6 Å². The maximum absolute atomic E-state index is 12.8. The van der Waals surface area contributed by atoms with E-state index < -0.39 is 0 Å². The Labute approximate surface area is 193 Å². The standard InChI is InChI=1S/C26H33BrO4/c1-24-11-10-20-18(13-22-26(27)14-17(28)9-12-25(20,26)15-30-22)19(24)7-8-21(24)31-23(29)16-5-3-2-4-6-16/h2-6,17-22,28H,7-15H2,1H3. The number of rotatable bonds is 2. The molecule has 5 aliphatic rings. The lowest BCUT2D eigenvalue weighted by Gasteiger charge is -2.62. The summed E-state index contributed by atoms with van der Waals surface area (Å²) in [6, 6.07) is 9.41. The van der Waals surface area contributed by atoms with E-state index in [9.17, 15) is 9.90 Å². The molecule has 0 radical (unpaired) electrons. The zero-order valence-electron chi connectivity index (χ0n) is 18.3. The number of benzene rings is 1. The molecule has 4 aliphatic carbocycles. The third-order valence-electron chi connectivity index (χ3n) is 10.1. The van der Waals surface area contributed by atoms with Crippen molar-refractivity contribution in [1.29, 1.82) is 0 Å². The summed E-state index contributed by atoms with van der Waals surface area (Å²) in [6.07, 6.45) is 8.24. The summed E-state index contributed by atoms with van der Waals surface area (Å²) < 4.78 is 12.5. The van der Waals surface area contributed by atoms with Gasteiger partial charge in [0, 0.05) is 10.8 Å². The first-order valence-corrected chi connectivity index (χ1v) is 12.9. The molecule has 4 nitrogen and oxygen atoms in total. The lowest BCUT2D eigenvalue weighted by atomic mass is 9.45. The van der Waals surface area contributed by atoms with Crippen LogP contribution in [0.4, 0.5) is 0 Å². The van der Waals surface area contributed by atoms with E-state index in [-0.39, 0.29) is 39.4 Å². The minimum absolute atomic E-state index is 0.00561. The fourth-order valence-corrected chi connectivity index (χ4v) is 9.93. The first kappa shape index (κ1) is 20.7. The molecule has 168 valence electrons. The Hall–Kier alpha value is -0.910. The molecule has 2 bridgehead atoms. The van der Waals surface area contributed by atoms with Crippen molar-refractivity contribution >= 4 is 21.9 Å². The van der Waals surface area contributed by atoms with Crippen LogP contribution in [0.2, 0.25) is 0 Å². The zero-order valence-corrected chi connectivity index (χ0v) is 19.9. The van der Waals surface area contributed by atoms with Crippen LogP contribution < -0.4 is 0 Å². The first-order valence-electron chi connectivity index (χ1n) is 12.1. The fraction of sp³-hybridized carbons (Fsp3) is 0.731. The van der Waals surface area contributed by atoms with Gasteiger partial charge in [-0.25, -0.2) is 4.79 Å². The molecule has 1 aliphatic heterocycles. The van der Waals surface area contributed by atoms with E-state index in [1.54, 1.807) is 0 Å². The van der Waals surface area contributed by atoms with Gasteiger partial charge in [0.2, 0.25) is 0 Å². The SMILES string of the molecule is CC12CCC3C(CC4OCC35CCC(O)CC45Br)C1CCC2OC(=O)c1ccccc1. The molecule has 5 fully saturated rings. The molecule has 0 spiro atoms. The van der Waals surface area contributed by atoms with Crippen LogP contribution in [0.5, 0.6) is 0 Å². The third kappa shape index (κ3) is 2.75. The minimum Gasteiger partial charge on any atom is -0.458 e. The molecule has 1 heterocycles. The maximum Gasteiger partial charge on any atom is 0.338 e. The van der Waals surface area contributed by atoms with Gasteiger partial charge in [-0.05, 0) is 81.3 Å². The van der Waals surface area contributed by atoms with E-state index >= 15 is 0 Å². The number of aliphatic hydroxyl groups excluding tert-OH is 1. The van der Waals surface area contributed by atoms with Crippen molar-refractivity contribution in [3.8, 4) is 0 Å². The van der Waals surface area contributed by atoms with Crippen LogP contribution in [0.15, 0.2) is 30.3 Å². The largest absolute Gasteiger partial charge is 0.458 e. The quantitative estimate of drug-likeness (QED) is 0.463. The summed E-state index contributed by atoms with van der Waals surface area (Å²) in [6.45, 7) is 3.22. The summed E-state index contributed by atoms with van der Waals surface area (Å²) in [5, 5.41) is 10.4. The average Bonchev–Trinajstić information content (AvgIpc) is 3.16. The average molecular weight is 489 g/mol. The number of alkyl halides is 1. The van der Waals surface area contributed by atoms with Crippen molar-refractivity contribution in [1.82, 2.24) is 0 Å². The molecule has 0 amide bonds. The van der Waals surface area contributed by atoms with Crippen molar-refractivity contribution in [2.75, 3.05) is 6.61 Å². The summed E-state index contributed by atoms with van der Waals surface area (Å²) in [7, 11) is 0. The van der Waals surface area contributed by atoms with Crippen molar-refractivity contribution in [2.24, 2.45) is 28.6 Å². The summed E-state index contributed by atoms with van der Waals surface area (Å²) in [5.41, 5.74) is 0.860. The van der Waals surface area contributed by atoms with E-state index in [2.05, 4.69) is 22.9 Å². The summed E-state index contributed by atoms with van der Waals surface area (Å²) in [4.78, 5) is 12.8. The van der Waals surface area contributed by atoms with Gasteiger partial charge in [0.15, 0.2) is 0 Å². The van der Waals surface area contributed by atoms with Crippen LogP contribution in [-0.2, 0) is 9.47 Å². The lowest BCUT2D eigenvalue weighted by Crippen LogP contribution is -2.63. The number of aliphatic hydroxyl groups is 1. The van der Waals surface area contributed by atoms with Gasteiger partial charge in [-0.2, -0.15) is 0 Å². The molecule has 5 heteroatoms. The van der Waals surface area contributed by atoms with Gasteiger partial charge in [0.25, 0.3) is 0 Å². The molecule has 4 saturated carbocycles. The van der Waals surface area contributed by atoms with Gasteiger partial charge in [-0.15, -0.1) is 0 Å².